The molecule has 1 aliphatic heterocycles. The van der Waals surface area contributed by atoms with E-state index in [1.54, 1.807) is 5.32 Å². The van der Waals surface area contributed by atoms with Crippen LogP contribution in [0.15, 0.2) is 41.4 Å². The van der Waals surface area contributed by atoms with Gasteiger partial charge >= 0.3 is 12.1 Å². The fourth-order valence-electron chi connectivity index (χ4n) is 2.97. The number of nitrogens with zero attached hydrogens (tertiary/aromatic N) is 1. The summed E-state index contributed by atoms with van der Waals surface area (Å²) >= 11 is 0. The third-order valence-corrected chi connectivity index (χ3v) is 4.37. The van der Waals surface area contributed by atoms with Crippen LogP contribution in [0.25, 0.3) is 0 Å². The van der Waals surface area contributed by atoms with Crippen LogP contribution >= 0.6 is 0 Å². The minimum absolute atomic E-state index is 0.193. The lowest BCUT2D eigenvalue weighted by atomic mass is 10.0. The van der Waals surface area contributed by atoms with E-state index in [-0.39, 0.29) is 23.1 Å². The van der Waals surface area contributed by atoms with Crippen molar-refractivity contribution in [2.24, 2.45) is 0 Å². The van der Waals surface area contributed by atoms with Gasteiger partial charge in [-0.3, -0.25) is 4.79 Å². The van der Waals surface area contributed by atoms with Crippen molar-refractivity contribution in [1.29, 1.82) is 0 Å². The third kappa shape index (κ3) is 5.73. The summed E-state index contributed by atoms with van der Waals surface area (Å²) in [7, 11) is 2.16. The van der Waals surface area contributed by atoms with Crippen LogP contribution in [0.1, 0.15) is 18.0 Å². The molecule has 32 heavy (non-hydrogen) atoms. The highest BCUT2D eigenvalue weighted by Crippen LogP contribution is 2.35. The van der Waals surface area contributed by atoms with E-state index >= 15 is 0 Å². The Bertz CT molecular complexity index is 945. The first-order chi connectivity index (χ1) is 14.9. The van der Waals surface area contributed by atoms with Gasteiger partial charge in [0.05, 0.1) is 20.8 Å². The molecular formula is C19H19F5N2O6. The number of aliphatic hydroxyl groups excluding tert-OH is 1. The topological polar surface area (TPSA) is 108 Å². The Balaban J connectivity index is 2.41. The summed E-state index contributed by atoms with van der Waals surface area (Å²) in [5.74, 6) is -5.08. The number of allylic oxidation sites excluding steroid dienone is 1. The van der Waals surface area contributed by atoms with E-state index in [1.165, 1.54) is 0 Å². The number of methoxy groups -OCH3 is 2. The van der Waals surface area contributed by atoms with Crippen molar-refractivity contribution in [3.63, 3.8) is 0 Å². The number of hydrogen-bond acceptors (Lipinski definition) is 7. The summed E-state index contributed by atoms with van der Waals surface area (Å²) in [6.07, 6.45) is -6.68. The molecule has 0 bridgehead atoms. The first-order valence-corrected chi connectivity index (χ1v) is 8.90. The van der Waals surface area contributed by atoms with Crippen molar-refractivity contribution in [3.8, 4) is 0 Å². The summed E-state index contributed by atoms with van der Waals surface area (Å²) in [6.45, 7) is -0.649. The molecule has 1 aromatic carbocycles. The van der Waals surface area contributed by atoms with Gasteiger partial charge in [0.2, 0.25) is 5.91 Å². The highest BCUT2D eigenvalue weighted by Gasteiger charge is 2.44. The van der Waals surface area contributed by atoms with Gasteiger partial charge in [0, 0.05) is 29.8 Å². The van der Waals surface area contributed by atoms with E-state index in [0.717, 1.165) is 25.3 Å². The van der Waals surface area contributed by atoms with Crippen molar-refractivity contribution in [3.05, 3.63) is 58.6 Å². The third-order valence-electron chi connectivity index (χ3n) is 4.37. The number of aliphatic hydroxyl groups is 2. The fraction of sp³-hybridized carbons (Fsp3) is 0.368. The van der Waals surface area contributed by atoms with Crippen LogP contribution in [0.4, 0.5) is 22.0 Å². The summed E-state index contributed by atoms with van der Waals surface area (Å²) in [4.78, 5) is 25.5. The summed E-state index contributed by atoms with van der Waals surface area (Å²) in [5.41, 5.74) is -1.67. The van der Waals surface area contributed by atoms with E-state index < -0.39 is 60.5 Å². The number of alkyl halides is 3. The van der Waals surface area contributed by atoms with Crippen LogP contribution in [0.3, 0.4) is 0 Å². The van der Waals surface area contributed by atoms with Crippen LogP contribution in [0.5, 0.6) is 0 Å². The number of nitrogens with one attached hydrogen (secondary N) is 1. The Morgan fingerprint density at radius 1 is 1.22 bits per heavy atom. The molecule has 1 unspecified atom stereocenters. The van der Waals surface area contributed by atoms with Crippen LogP contribution in [0, 0.1) is 11.6 Å². The molecule has 0 saturated heterocycles. The molecule has 0 saturated carbocycles. The number of amides is 1. The molecule has 176 valence electrons. The van der Waals surface area contributed by atoms with Gasteiger partial charge in [-0.25, -0.2) is 13.6 Å². The zero-order valence-corrected chi connectivity index (χ0v) is 16.7. The van der Waals surface area contributed by atoms with Crippen molar-refractivity contribution >= 4 is 11.9 Å². The molecule has 0 aliphatic carbocycles. The number of β-amino-alcohol motifs (C(OH)–C–C–N with tert-alkyl or cyclic N) is 2. The zero-order chi connectivity index (χ0) is 24.2. The number of ether oxygens (including phenoxy) is 2. The Morgan fingerprint density at radius 2 is 1.88 bits per heavy atom. The lowest BCUT2D eigenvalue weighted by Crippen LogP contribution is -2.41. The van der Waals surface area contributed by atoms with Gasteiger partial charge in [-0.1, -0.05) is 6.07 Å². The molecule has 1 atom stereocenters. The maximum atomic E-state index is 14.0. The minimum Gasteiger partial charge on any atom is -0.498 e. The minimum atomic E-state index is -5.14. The highest BCUT2D eigenvalue weighted by molar-refractivity contribution is 5.96. The van der Waals surface area contributed by atoms with Crippen molar-refractivity contribution in [1.82, 2.24) is 10.2 Å². The van der Waals surface area contributed by atoms with Gasteiger partial charge in [0.25, 0.3) is 0 Å². The normalized spacial score (nSPS) is 15.4. The summed E-state index contributed by atoms with van der Waals surface area (Å²) in [5, 5.41) is 20.2. The number of hydrogen-bond donors (Lipinski definition) is 3. The maximum absolute atomic E-state index is 14.0. The molecule has 1 aliphatic rings. The largest absolute Gasteiger partial charge is 0.498 e. The molecule has 0 aromatic heterocycles. The lowest BCUT2D eigenvalue weighted by Gasteiger charge is -2.30. The van der Waals surface area contributed by atoms with Gasteiger partial charge in [-0.2, -0.15) is 13.2 Å². The number of halogens is 5. The smallest absolute Gasteiger partial charge is 0.412 e. The molecular weight excluding hydrogens is 447 g/mol. The Hall–Kier alpha value is -3.19. The molecule has 0 fully saturated rings. The molecule has 1 amide bonds. The number of carbonyl (C=O) groups is 2. The monoisotopic (exact) mass is 466 g/mol. The number of esters is 1. The number of benzene rings is 1. The molecule has 2 rings (SSSR count). The summed E-state index contributed by atoms with van der Waals surface area (Å²) in [6, 6.07) is -1.39. The average Bonchev–Trinajstić information content (AvgIpc) is 2.70. The average molecular weight is 466 g/mol. The predicted octanol–water partition coefficient (Wildman–Crippen LogP) is 1.62. The molecule has 0 spiro atoms. The highest BCUT2D eigenvalue weighted by atomic mass is 19.4. The Morgan fingerprint density at radius 3 is 2.38 bits per heavy atom. The standard InChI is InChI=1S/C19H19F5N2O6/c1-31-13-5-9(7-26(8-14(27)28)15(13)18(30)32-2)17(29)25-16(19(22,23)24)11-4-3-10(20)6-12(11)21/h3-4,6-7,14,16,27-28H,5,8H2,1-2H3,(H,25,29). The van der Waals surface area contributed by atoms with Gasteiger partial charge < -0.3 is 29.9 Å². The molecule has 8 nitrogen and oxygen atoms in total. The number of carbonyl (C=O) groups excluding carboxylic acids is 2. The van der Waals surface area contributed by atoms with Gasteiger partial charge in [-0.05, 0) is 6.07 Å². The molecule has 13 heteroatoms. The van der Waals surface area contributed by atoms with Crippen molar-refractivity contribution in [2.75, 3.05) is 20.8 Å². The quantitative estimate of drug-likeness (QED) is 0.318. The van der Waals surface area contributed by atoms with E-state index in [4.69, 9.17) is 4.74 Å². The SMILES string of the molecule is COC(=O)C1=C(OC)CC(C(=O)NC(c2ccc(F)cc2F)C(F)(F)F)=CN1CC(O)O. The fourth-order valence-corrected chi connectivity index (χ4v) is 2.97. The lowest BCUT2D eigenvalue weighted by molar-refractivity contribution is -0.163. The van der Waals surface area contributed by atoms with E-state index in [2.05, 4.69) is 4.74 Å². The van der Waals surface area contributed by atoms with E-state index in [1.807, 2.05) is 0 Å². The maximum Gasteiger partial charge on any atom is 0.412 e. The molecule has 1 aromatic rings. The van der Waals surface area contributed by atoms with E-state index in [0.29, 0.717) is 12.1 Å². The first-order valence-electron chi connectivity index (χ1n) is 8.90. The van der Waals surface area contributed by atoms with Crippen LogP contribution in [-0.4, -0.2) is 60.2 Å². The molecule has 3 N–H and O–H groups in total. The van der Waals surface area contributed by atoms with Crippen LogP contribution in [-0.2, 0) is 19.1 Å². The predicted molar refractivity (Wildman–Crippen MR) is 97.0 cm³/mol. The first kappa shape index (κ1) is 25.1. The van der Waals surface area contributed by atoms with Gasteiger partial charge in [-0.15, -0.1) is 0 Å². The van der Waals surface area contributed by atoms with Crippen LogP contribution < -0.4 is 5.32 Å². The van der Waals surface area contributed by atoms with Crippen molar-refractivity contribution < 1.29 is 51.2 Å². The molecule has 1 heterocycles. The Kier molecular flexibility index (Phi) is 7.80. The van der Waals surface area contributed by atoms with Gasteiger partial charge in [0.15, 0.2) is 18.0 Å². The van der Waals surface area contributed by atoms with E-state index in [9.17, 15) is 41.8 Å². The van der Waals surface area contributed by atoms with Gasteiger partial charge in [0.1, 0.15) is 17.4 Å². The molecule has 0 radical (unpaired) electrons. The second kappa shape index (κ2) is 9.96. The van der Waals surface area contributed by atoms with Crippen molar-refractivity contribution in [2.45, 2.75) is 24.9 Å². The van der Waals surface area contributed by atoms with Crippen LogP contribution in [0.2, 0.25) is 0 Å². The second-order valence-corrected chi connectivity index (χ2v) is 6.55. The zero-order valence-electron chi connectivity index (χ0n) is 16.7. The number of rotatable bonds is 7. The Labute approximate surface area is 178 Å². The second-order valence-electron chi connectivity index (χ2n) is 6.55. The summed E-state index contributed by atoms with van der Waals surface area (Å²) < 4.78 is 77.4.